The zero-order chi connectivity index (χ0) is 13.5. The van der Waals surface area contributed by atoms with Crippen LogP contribution in [-0.4, -0.2) is 40.1 Å². The molecule has 2 rings (SSSR count). The van der Waals surface area contributed by atoms with E-state index in [2.05, 4.69) is 0 Å². The number of carbonyl (C=O) groups is 2. The van der Waals surface area contributed by atoms with Gasteiger partial charge in [0.05, 0.1) is 0 Å². The summed E-state index contributed by atoms with van der Waals surface area (Å²) >= 11 is 0. The van der Waals surface area contributed by atoms with Gasteiger partial charge in [-0.1, -0.05) is 6.42 Å². The third-order valence-corrected chi connectivity index (χ3v) is 3.89. The number of aliphatic carboxylic acids is 1. The molecule has 2 fully saturated rings. The van der Waals surface area contributed by atoms with Crippen molar-refractivity contribution in [1.29, 1.82) is 0 Å². The number of likely N-dealkylation sites (tertiary alicyclic amines) is 1. The van der Waals surface area contributed by atoms with Crippen LogP contribution >= 0.6 is 0 Å². The maximum Gasteiger partial charge on any atom is 0.471 e. The molecule has 0 radical (unpaired) electrons. The highest BCUT2D eigenvalue weighted by Gasteiger charge is 2.53. The summed E-state index contributed by atoms with van der Waals surface area (Å²) in [6.45, 7) is 0. The van der Waals surface area contributed by atoms with Gasteiger partial charge in [0.25, 0.3) is 0 Å². The first kappa shape index (κ1) is 13.2. The first-order valence-electron chi connectivity index (χ1n) is 5.94. The maximum absolute atomic E-state index is 12.5. The molecule has 0 spiro atoms. The number of rotatable bonds is 2. The van der Waals surface area contributed by atoms with Crippen LogP contribution in [0.25, 0.3) is 0 Å². The molecule has 0 aromatic rings. The third kappa shape index (κ3) is 2.18. The fourth-order valence-corrected chi connectivity index (χ4v) is 2.81. The summed E-state index contributed by atoms with van der Waals surface area (Å²) in [6.07, 6.45) is -2.05. The fourth-order valence-electron chi connectivity index (χ4n) is 2.81. The lowest BCUT2D eigenvalue weighted by Crippen LogP contribution is -2.53. The van der Waals surface area contributed by atoms with Crippen molar-refractivity contribution in [2.75, 3.05) is 0 Å². The van der Waals surface area contributed by atoms with Crippen LogP contribution in [0, 0.1) is 5.92 Å². The van der Waals surface area contributed by atoms with E-state index in [1.54, 1.807) is 0 Å². The summed E-state index contributed by atoms with van der Waals surface area (Å²) in [4.78, 5) is 22.9. The number of hydrogen-bond donors (Lipinski definition) is 1. The van der Waals surface area contributed by atoms with Crippen molar-refractivity contribution in [2.24, 2.45) is 5.92 Å². The highest BCUT2D eigenvalue weighted by molar-refractivity contribution is 5.88. The van der Waals surface area contributed by atoms with E-state index >= 15 is 0 Å². The minimum absolute atomic E-state index is 0.0284. The molecule has 1 aliphatic heterocycles. The number of alkyl halides is 3. The summed E-state index contributed by atoms with van der Waals surface area (Å²) in [5, 5.41) is 8.93. The van der Waals surface area contributed by atoms with E-state index in [-0.39, 0.29) is 12.3 Å². The van der Waals surface area contributed by atoms with Crippen molar-refractivity contribution in [3.05, 3.63) is 0 Å². The van der Waals surface area contributed by atoms with Crippen LogP contribution in [0.15, 0.2) is 0 Å². The second kappa shape index (κ2) is 4.44. The average molecular weight is 265 g/mol. The van der Waals surface area contributed by atoms with E-state index in [0.29, 0.717) is 11.3 Å². The van der Waals surface area contributed by atoms with Gasteiger partial charge >= 0.3 is 18.1 Å². The summed E-state index contributed by atoms with van der Waals surface area (Å²) in [6, 6.07) is -1.89. The number of halogens is 3. The predicted molar refractivity (Wildman–Crippen MR) is 54.7 cm³/mol. The van der Waals surface area contributed by atoms with Crippen LogP contribution in [-0.2, 0) is 9.59 Å². The van der Waals surface area contributed by atoms with Gasteiger partial charge in [0.2, 0.25) is 0 Å². The molecule has 7 heteroatoms. The Balaban J connectivity index is 2.22. The number of carboxylic acid groups (broad SMARTS) is 1. The maximum atomic E-state index is 12.5. The second-order valence-corrected chi connectivity index (χ2v) is 4.90. The van der Waals surface area contributed by atoms with Crippen LogP contribution in [0.1, 0.15) is 32.1 Å². The molecule has 2 unspecified atom stereocenters. The van der Waals surface area contributed by atoms with E-state index in [0.717, 1.165) is 19.3 Å². The average Bonchev–Trinajstić information content (AvgIpc) is 2.56. The Morgan fingerprint density at radius 3 is 2.11 bits per heavy atom. The molecule has 1 heterocycles. The van der Waals surface area contributed by atoms with Crippen molar-refractivity contribution < 1.29 is 27.9 Å². The summed E-state index contributed by atoms with van der Waals surface area (Å²) in [5.74, 6) is -3.33. The fraction of sp³-hybridized carbons (Fsp3) is 0.818. The van der Waals surface area contributed by atoms with Crippen molar-refractivity contribution >= 4 is 11.9 Å². The normalized spacial score (nSPS) is 29.2. The van der Waals surface area contributed by atoms with Crippen molar-refractivity contribution in [3.63, 3.8) is 0 Å². The predicted octanol–water partition coefficient (Wildman–Crippen LogP) is 1.79. The van der Waals surface area contributed by atoms with Gasteiger partial charge in [-0.05, 0) is 31.6 Å². The van der Waals surface area contributed by atoms with E-state index in [1.807, 2.05) is 0 Å². The lowest BCUT2D eigenvalue weighted by Gasteiger charge is -2.38. The first-order chi connectivity index (χ1) is 8.32. The molecule has 2 atom stereocenters. The van der Waals surface area contributed by atoms with Crippen molar-refractivity contribution in [2.45, 2.75) is 50.4 Å². The highest BCUT2D eigenvalue weighted by atomic mass is 19.4. The molecule has 18 heavy (non-hydrogen) atoms. The molecule has 2 aliphatic rings. The van der Waals surface area contributed by atoms with E-state index in [9.17, 15) is 22.8 Å². The Bertz CT molecular complexity index is 365. The molecule has 1 amide bonds. The summed E-state index contributed by atoms with van der Waals surface area (Å²) in [5.41, 5.74) is 0. The number of nitrogens with zero attached hydrogens (tertiary/aromatic N) is 1. The van der Waals surface area contributed by atoms with Crippen molar-refractivity contribution in [3.8, 4) is 0 Å². The minimum atomic E-state index is -5.00. The largest absolute Gasteiger partial charge is 0.480 e. The number of carbonyl (C=O) groups excluding carboxylic acids is 1. The van der Waals surface area contributed by atoms with Crippen LogP contribution in [0.2, 0.25) is 0 Å². The van der Waals surface area contributed by atoms with E-state index < -0.39 is 30.1 Å². The molecule has 0 aromatic heterocycles. The number of hydrogen-bond acceptors (Lipinski definition) is 2. The highest BCUT2D eigenvalue weighted by Crippen LogP contribution is 2.41. The quantitative estimate of drug-likeness (QED) is 0.828. The summed E-state index contributed by atoms with van der Waals surface area (Å²) in [7, 11) is 0. The van der Waals surface area contributed by atoms with Gasteiger partial charge in [0.1, 0.15) is 6.04 Å². The van der Waals surface area contributed by atoms with Gasteiger partial charge in [-0.2, -0.15) is 13.2 Å². The molecule has 1 aliphatic carbocycles. The van der Waals surface area contributed by atoms with Gasteiger partial charge in [-0.15, -0.1) is 0 Å². The molecule has 1 saturated heterocycles. The first-order valence-corrected chi connectivity index (χ1v) is 5.94. The van der Waals surface area contributed by atoms with Gasteiger partial charge < -0.3 is 10.0 Å². The molecule has 1 N–H and O–H groups in total. The molecule has 0 aromatic carbocycles. The zero-order valence-electron chi connectivity index (χ0n) is 9.61. The molecular weight excluding hydrogens is 251 g/mol. The van der Waals surface area contributed by atoms with Crippen LogP contribution in [0.5, 0.6) is 0 Å². The topological polar surface area (TPSA) is 57.6 Å². The van der Waals surface area contributed by atoms with Gasteiger partial charge in [-0.25, -0.2) is 4.79 Å². The Morgan fingerprint density at radius 1 is 1.11 bits per heavy atom. The third-order valence-electron chi connectivity index (χ3n) is 3.89. The Hall–Kier alpha value is -1.27. The van der Waals surface area contributed by atoms with Crippen molar-refractivity contribution in [1.82, 2.24) is 4.90 Å². The number of carboxylic acids is 1. The second-order valence-electron chi connectivity index (χ2n) is 4.90. The zero-order valence-corrected chi connectivity index (χ0v) is 9.61. The molecular formula is C11H14F3NO3. The Kier molecular flexibility index (Phi) is 3.25. The lowest BCUT2D eigenvalue weighted by molar-refractivity contribution is -0.191. The van der Waals surface area contributed by atoms with E-state index in [1.165, 1.54) is 0 Å². The van der Waals surface area contributed by atoms with E-state index in [4.69, 9.17) is 5.11 Å². The minimum Gasteiger partial charge on any atom is -0.480 e. The van der Waals surface area contributed by atoms with Crippen LogP contribution in [0.3, 0.4) is 0 Å². The standard InChI is InChI=1S/C11H14F3NO3/c12-11(13,14)10(18)15-7(6-2-1-3-6)4-5-8(15)9(16)17/h6-8H,1-5H2,(H,16,17). The Morgan fingerprint density at radius 2 is 1.72 bits per heavy atom. The van der Waals surface area contributed by atoms with Gasteiger partial charge in [0.15, 0.2) is 0 Å². The van der Waals surface area contributed by atoms with Gasteiger partial charge in [-0.3, -0.25) is 4.79 Å². The van der Waals surface area contributed by atoms with Crippen LogP contribution < -0.4 is 0 Å². The van der Waals surface area contributed by atoms with Crippen LogP contribution in [0.4, 0.5) is 13.2 Å². The number of amides is 1. The molecule has 1 saturated carbocycles. The lowest BCUT2D eigenvalue weighted by atomic mass is 9.79. The van der Waals surface area contributed by atoms with Gasteiger partial charge in [0, 0.05) is 6.04 Å². The monoisotopic (exact) mass is 265 g/mol. The smallest absolute Gasteiger partial charge is 0.471 e. The molecule has 4 nitrogen and oxygen atoms in total. The Labute approximate surface area is 102 Å². The molecule has 102 valence electrons. The SMILES string of the molecule is O=C(O)C1CCC(C2CCC2)N1C(=O)C(F)(F)F. The summed E-state index contributed by atoms with van der Waals surface area (Å²) < 4.78 is 37.5. The molecule has 0 bridgehead atoms.